The lowest BCUT2D eigenvalue weighted by atomic mass is 10.0. The van der Waals surface area contributed by atoms with E-state index in [0.29, 0.717) is 24.0 Å². The molecule has 0 amide bonds. The quantitative estimate of drug-likeness (QED) is 0.137. The molecule has 6 nitrogen and oxygen atoms in total. The highest BCUT2D eigenvalue weighted by atomic mass is 17.3. The van der Waals surface area contributed by atoms with Crippen LogP contribution in [0.5, 0.6) is 0 Å². The number of hydrogen-bond donors (Lipinski definition) is 0. The molecule has 0 aliphatic carbocycles. The second-order valence-corrected chi connectivity index (χ2v) is 8.05. The highest BCUT2D eigenvalue weighted by molar-refractivity contribution is 5.91. The summed E-state index contributed by atoms with van der Waals surface area (Å²) >= 11 is 0. The molecule has 182 valence electrons. The lowest BCUT2D eigenvalue weighted by Crippen LogP contribution is -2.22. The Bertz CT molecular complexity index is 1190. The van der Waals surface area contributed by atoms with Crippen LogP contribution in [0.3, 0.4) is 0 Å². The monoisotopic (exact) mass is 482 g/mol. The second kappa shape index (κ2) is 12.4. The molecule has 0 heterocycles. The molecule has 0 N–H and O–H groups in total. The molecule has 36 heavy (non-hydrogen) atoms. The van der Waals surface area contributed by atoms with Gasteiger partial charge in [0.25, 0.3) is 0 Å². The van der Waals surface area contributed by atoms with Gasteiger partial charge in [-0.05, 0) is 46.5 Å². The SMILES string of the molecule is CCCC(OOC(=O)c1cccc(-c2ccccc2)c1)OOC(=O)c1cccc(-c2ccccc2)c1. The number of hydrogen-bond acceptors (Lipinski definition) is 6. The van der Waals surface area contributed by atoms with E-state index < -0.39 is 18.2 Å². The van der Waals surface area contributed by atoms with Gasteiger partial charge in [0.05, 0.1) is 11.1 Å². The lowest BCUT2D eigenvalue weighted by molar-refractivity contribution is -0.421. The summed E-state index contributed by atoms with van der Waals surface area (Å²) in [5.41, 5.74) is 4.34. The molecule has 0 aliphatic rings. The zero-order valence-corrected chi connectivity index (χ0v) is 19.8. The Morgan fingerprint density at radius 1 is 0.583 bits per heavy atom. The van der Waals surface area contributed by atoms with Crippen LogP contribution in [-0.4, -0.2) is 18.2 Å². The second-order valence-electron chi connectivity index (χ2n) is 8.05. The average molecular weight is 483 g/mol. The van der Waals surface area contributed by atoms with Gasteiger partial charge in [0.15, 0.2) is 0 Å². The molecule has 0 aliphatic heterocycles. The number of carbonyl (C=O) groups is 2. The van der Waals surface area contributed by atoms with E-state index >= 15 is 0 Å². The van der Waals surface area contributed by atoms with Gasteiger partial charge in [-0.2, -0.15) is 0 Å². The Morgan fingerprint density at radius 2 is 1.00 bits per heavy atom. The first-order valence-corrected chi connectivity index (χ1v) is 11.7. The van der Waals surface area contributed by atoms with Crippen molar-refractivity contribution in [2.75, 3.05) is 0 Å². The standard InChI is InChI=1S/C30H26O6/c1-2-11-28(33-35-29(31)26-18-9-16-24(20-26)22-12-5-3-6-13-22)34-36-30(32)27-19-10-17-25(21-27)23-14-7-4-8-15-23/h3-10,12-21,28H,2,11H2,1H3. The summed E-state index contributed by atoms with van der Waals surface area (Å²) in [7, 11) is 0. The highest BCUT2D eigenvalue weighted by Crippen LogP contribution is 2.22. The highest BCUT2D eigenvalue weighted by Gasteiger charge is 2.19. The van der Waals surface area contributed by atoms with Gasteiger partial charge in [0.1, 0.15) is 0 Å². The minimum absolute atomic E-state index is 0.321. The molecule has 0 aromatic heterocycles. The summed E-state index contributed by atoms with van der Waals surface area (Å²) in [5.74, 6) is -1.36. The Hall–Kier alpha value is -4.26. The van der Waals surface area contributed by atoms with Gasteiger partial charge in [-0.3, -0.25) is 9.78 Å². The summed E-state index contributed by atoms with van der Waals surface area (Å²) < 4.78 is 0. The molecule has 6 heteroatoms. The van der Waals surface area contributed by atoms with E-state index in [1.54, 1.807) is 36.4 Å². The van der Waals surface area contributed by atoms with Gasteiger partial charge in [-0.25, -0.2) is 9.59 Å². The molecule has 0 atom stereocenters. The maximum absolute atomic E-state index is 12.6. The van der Waals surface area contributed by atoms with Gasteiger partial charge in [-0.1, -0.05) is 98.3 Å². The van der Waals surface area contributed by atoms with Crippen LogP contribution in [-0.2, 0) is 19.6 Å². The van der Waals surface area contributed by atoms with E-state index in [2.05, 4.69) is 0 Å². The van der Waals surface area contributed by atoms with Crippen LogP contribution in [0.4, 0.5) is 0 Å². The van der Waals surface area contributed by atoms with Crippen molar-refractivity contribution >= 4 is 11.9 Å². The number of carbonyl (C=O) groups excluding carboxylic acids is 2. The van der Waals surface area contributed by atoms with E-state index in [4.69, 9.17) is 19.6 Å². The molecular formula is C30H26O6. The zero-order valence-electron chi connectivity index (χ0n) is 19.8. The van der Waals surface area contributed by atoms with Gasteiger partial charge in [-0.15, -0.1) is 9.78 Å². The van der Waals surface area contributed by atoms with E-state index in [9.17, 15) is 9.59 Å². The third-order valence-corrected chi connectivity index (χ3v) is 5.40. The summed E-state index contributed by atoms with van der Waals surface area (Å²) in [6, 6.07) is 33.4. The van der Waals surface area contributed by atoms with Crippen LogP contribution in [0.2, 0.25) is 0 Å². The van der Waals surface area contributed by atoms with Crippen LogP contribution in [0.25, 0.3) is 22.3 Å². The zero-order chi connectivity index (χ0) is 25.2. The van der Waals surface area contributed by atoms with Crippen LogP contribution in [0.15, 0.2) is 109 Å². The first-order valence-electron chi connectivity index (χ1n) is 11.7. The van der Waals surface area contributed by atoms with Crippen LogP contribution < -0.4 is 0 Å². The Balaban J connectivity index is 1.34. The van der Waals surface area contributed by atoms with E-state index in [0.717, 1.165) is 22.3 Å². The van der Waals surface area contributed by atoms with E-state index in [1.807, 2.05) is 79.7 Å². The van der Waals surface area contributed by atoms with Crippen LogP contribution >= 0.6 is 0 Å². The molecule has 0 radical (unpaired) electrons. The molecule has 0 saturated heterocycles. The first kappa shape index (κ1) is 24.9. The maximum atomic E-state index is 12.6. The topological polar surface area (TPSA) is 71.1 Å². The minimum Gasteiger partial charge on any atom is -0.290 e. The fourth-order valence-corrected chi connectivity index (χ4v) is 3.55. The van der Waals surface area contributed by atoms with Crippen molar-refractivity contribution in [1.29, 1.82) is 0 Å². The Kier molecular flexibility index (Phi) is 8.59. The van der Waals surface area contributed by atoms with Gasteiger partial charge in [0.2, 0.25) is 6.29 Å². The van der Waals surface area contributed by atoms with Crippen molar-refractivity contribution in [3.05, 3.63) is 120 Å². The third kappa shape index (κ3) is 6.66. The molecule has 0 saturated carbocycles. The molecule has 0 bridgehead atoms. The molecule has 4 aromatic rings. The van der Waals surface area contributed by atoms with Crippen molar-refractivity contribution in [2.24, 2.45) is 0 Å². The van der Waals surface area contributed by atoms with E-state index in [1.165, 1.54) is 0 Å². The first-order chi connectivity index (χ1) is 17.6. The predicted octanol–water partition coefficient (Wildman–Crippen LogP) is 7.02. The van der Waals surface area contributed by atoms with Gasteiger partial charge in [0, 0.05) is 6.42 Å². The smallest absolute Gasteiger partial charge is 0.290 e. The minimum atomic E-state index is -1.07. The summed E-state index contributed by atoms with van der Waals surface area (Å²) in [6.45, 7) is 1.90. The average Bonchev–Trinajstić information content (AvgIpc) is 2.95. The van der Waals surface area contributed by atoms with Crippen molar-refractivity contribution in [2.45, 2.75) is 26.1 Å². The number of benzene rings is 4. The van der Waals surface area contributed by atoms with Crippen molar-refractivity contribution in [1.82, 2.24) is 0 Å². The Morgan fingerprint density at radius 3 is 1.42 bits per heavy atom. The molecule has 4 aromatic carbocycles. The van der Waals surface area contributed by atoms with Gasteiger partial charge >= 0.3 is 11.9 Å². The van der Waals surface area contributed by atoms with Gasteiger partial charge < -0.3 is 0 Å². The molecule has 4 rings (SSSR count). The molecule has 0 fully saturated rings. The predicted molar refractivity (Wildman–Crippen MR) is 135 cm³/mol. The largest absolute Gasteiger partial charge is 0.373 e. The Labute approximate surface area is 209 Å². The third-order valence-electron chi connectivity index (χ3n) is 5.40. The molecule has 0 unspecified atom stereocenters. The number of rotatable bonds is 10. The molecular weight excluding hydrogens is 456 g/mol. The molecule has 0 spiro atoms. The summed E-state index contributed by atoms with van der Waals surface area (Å²) in [4.78, 5) is 45.5. The summed E-state index contributed by atoms with van der Waals surface area (Å²) in [5, 5.41) is 0. The van der Waals surface area contributed by atoms with Crippen molar-refractivity contribution in [3.63, 3.8) is 0 Å². The fourth-order valence-electron chi connectivity index (χ4n) is 3.55. The lowest BCUT2D eigenvalue weighted by Gasteiger charge is -2.14. The van der Waals surface area contributed by atoms with Crippen molar-refractivity contribution in [3.8, 4) is 22.3 Å². The maximum Gasteiger partial charge on any atom is 0.373 e. The fraction of sp³-hybridized carbons (Fsp3) is 0.133. The van der Waals surface area contributed by atoms with Crippen molar-refractivity contribution < 1.29 is 29.1 Å². The normalized spacial score (nSPS) is 10.7. The van der Waals surface area contributed by atoms with E-state index in [-0.39, 0.29) is 0 Å². The van der Waals surface area contributed by atoms with Crippen LogP contribution in [0, 0.1) is 0 Å². The summed E-state index contributed by atoms with van der Waals surface area (Å²) in [6.07, 6.45) is -0.0842. The van der Waals surface area contributed by atoms with Crippen LogP contribution in [0.1, 0.15) is 40.5 Å².